The number of aliphatic hydroxyl groups excluding tert-OH is 2. The molecule has 0 aliphatic heterocycles. The van der Waals surface area contributed by atoms with Gasteiger partial charge in [-0.3, -0.25) is 0 Å². The highest BCUT2D eigenvalue weighted by Gasteiger charge is 1.94. The quantitative estimate of drug-likeness (QED) is 0.400. The molecule has 48 valence electrons. The van der Waals surface area contributed by atoms with Crippen LogP contribution in [0.3, 0.4) is 0 Å². The lowest BCUT2D eigenvalue weighted by molar-refractivity contribution is -0.0835. The summed E-state index contributed by atoms with van der Waals surface area (Å²) >= 11 is 0. The molecule has 0 radical (unpaired) electrons. The fraction of sp³-hybridized carbons (Fsp3) is 0.600. The second-order valence-corrected chi connectivity index (χ2v) is 1.24. The highest BCUT2D eigenvalue weighted by Crippen LogP contribution is 1.84. The van der Waals surface area contributed by atoms with Crippen molar-refractivity contribution in [1.29, 1.82) is 0 Å². The van der Waals surface area contributed by atoms with E-state index in [1.165, 1.54) is 6.26 Å². The second kappa shape index (κ2) is 4.61. The Morgan fingerprint density at radius 1 is 1.75 bits per heavy atom. The summed E-state index contributed by atoms with van der Waals surface area (Å²) < 4.78 is 4.47. The van der Waals surface area contributed by atoms with Gasteiger partial charge >= 0.3 is 0 Å². The topological polar surface area (TPSA) is 49.7 Å². The van der Waals surface area contributed by atoms with Crippen LogP contribution >= 0.6 is 0 Å². The van der Waals surface area contributed by atoms with Gasteiger partial charge in [-0.2, -0.15) is 0 Å². The molecule has 0 aromatic rings. The molecule has 0 saturated carbocycles. The van der Waals surface area contributed by atoms with Crippen LogP contribution in [-0.2, 0) is 4.74 Å². The van der Waals surface area contributed by atoms with Gasteiger partial charge in [0.15, 0.2) is 0 Å². The Morgan fingerprint density at radius 2 is 2.38 bits per heavy atom. The fourth-order valence-electron chi connectivity index (χ4n) is 0.212. The Kier molecular flexibility index (Phi) is 4.30. The first-order valence-electron chi connectivity index (χ1n) is 2.36. The molecule has 1 atom stereocenters. The van der Waals surface area contributed by atoms with Gasteiger partial charge in [-0.15, -0.1) is 0 Å². The molecule has 2 N–H and O–H groups in total. The Labute approximate surface area is 48.2 Å². The number of hydrogen-bond donors (Lipinski definition) is 2. The summed E-state index contributed by atoms with van der Waals surface area (Å²) in [5.41, 5.74) is 0. The van der Waals surface area contributed by atoms with Crippen molar-refractivity contribution in [2.45, 2.75) is 13.2 Å². The average molecular weight is 118 g/mol. The van der Waals surface area contributed by atoms with Crippen molar-refractivity contribution >= 4 is 0 Å². The molecule has 0 fully saturated rings. The van der Waals surface area contributed by atoms with Crippen LogP contribution in [0.1, 0.15) is 6.92 Å². The van der Waals surface area contributed by atoms with E-state index in [4.69, 9.17) is 10.2 Å². The van der Waals surface area contributed by atoms with Gasteiger partial charge in [0, 0.05) is 0 Å². The van der Waals surface area contributed by atoms with Gasteiger partial charge in [0.25, 0.3) is 0 Å². The Balaban J connectivity index is 3.10. The largest absolute Gasteiger partial charge is 0.471 e. The van der Waals surface area contributed by atoms with Gasteiger partial charge in [0.05, 0.1) is 6.26 Å². The maximum Gasteiger partial charge on any atom is 0.219 e. The van der Waals surface area contributed by atoms with E-state index < -0.39 is 6.29 Å². The van der Waals surface area contributed by atoms with Gasteiger partial charge in [0.2, 0.25) is 6.29 Å². The van der Waals surface area contributed by atoms with Crippen molar-refractivity contribution in [2.75, 3.05) is 6.61 Å². The van der Waals surface area contributed by atoms with Crippen LogP contribution < -0.4 is 0 Å². The zero-order valence-electron chi connectivity index (χ0n) is 4.74. The summed E-state index contributed by atoms with van der Waals surface area (Å²) in [4.78, 5) is 0. The van der Waals surface area contributed by atoms with Crippen LogP contribution in [-0.4, -0.2) is 23.1 Å². The molecule has 0 heterocycles. The summed E-state index contributed by atoms with van der Waals surface area (Å²) in [7, 11) is 0. The van der Waals surface area contributed by atoms with Gasteiger partial charge in [-0.25, -0.2) is 0 Å². The minimum Gasteiger partial charge on any atom is -0.471 e. The van der Waals surface area contributed by atoms with E-state index in [2.05, 4.69) is 4.74 Å². The number of aliphatic hydroxyl groups is 2. The first-order valence-corrected chi connectivity index (χ1v) is 2.36. The smallest absolute Gasteiger partial charge is 0.219 e. The maximum absolute atomic E-state index is 8.47. The molecule has 0 rings (SSSR count). The van der Waals surface area contributed by atoms with Crippen LogP contribution in [0.2, 0.25) is 0 Å². The summed E-state index contributed by atoms with van der Waals surface area (Å²) in [5, 5.41) is 16.6. The van der Waals surface area contributed by atoms with E-state index in [-0.39, 0.29) is 6.61 Å². The Bertz CT molecular complexity index is 70.1. The second-order valence-electron chi connectivity index (χ2n) is 1.24. The molecule has 8 heavy (non-hydrogen) atoms. The highest BCUT2D eigenvalue weighted by molar-refractivity contribution is 4.65. The Hall–Kier alpha value is -0.540. The normalized spacial score (nSPS) is 14.4. The molecule has 3 nitrogen and oxygen atoms in total. The third-order valence-corrected chi connectivity index (χ3v) is 0.528. The van der Waals surface area contributed by atoms with Gasteiger partial charge in [-0.1, -0.05) is 6.08 Å². The van der Waals surface area contributed by atoms with Crippen LogP contribution in [0.25, 0.3) is 0 Å². The van der Waals surface area contributed by atoms with Crippen molar-refractivity contribution in [3.05, 3.63) is 12.3 Å². The first-order chi connectivity index (χ1) is 3.81. The maximum atomic E-state index is 8.47. The highest BCUT2D eigenvalue weighted by atomic mass is 16.6. The van der Waals surface area contributed by atoms with Gasteiger partial charge < -0.3 is 14.9 Å². The van der Waals surface area contributed by atoms with Crippen LogP contribution in [0.4, 0.5) is 0 Å². The minimum absolute atomic E-state index is 0.371. The number of ether oxygens (including phenoxy) is 1. The fourth-order valence-corrected chi connectivity index (χ4v) is 0.212. The van der Waals surface area contributed by atoms with E-state index in [1.807, 2.05) is 0 Å². The SMILES string of the molecule is CC=COC(O)CO. The summed E-state index contributed by atoms with van der Waals surface area (Å²) in [6.07, 6.45) is 1.87. The van der Waals surface area contributed by atoms with Gasteiger partial charge in [-0.05, 0) is 6.92 Å². The number of rotatable bonds is 3. The van der Waals surface area contributed by atoms with Crippen LogP contribution in [0, 0.1) is 0 Å². The number of allylic oxidation sites excluding steroid dienone is 1. The number of hydrogen-bond acceptors (Lipinski definition) is 3. The van der Waals surface area contributed by atoms with E-state index in [0.29, 0.717) is 0 Å². The molecular weight excluding hydrogens is 108 g/mol. The molecule has 0 aliphatic carbocycles. The lowest BCUT2D eigenvalue weighted by Gasteiger charge is -2.03. The van der Waals surface area contributed by atoms with Crippen molar-refractivity contribution in [1.82, 2.24) is 0 Å². The molecule has 1 unspecified atom stereocenters. The van der Waals surface area contributed by atoms with Crippen molar-refractivity contribution in [2.24, 2.45) is 0 Å². The third kappa shape index (κ3) is 3.64. The molecule has 0 bridgehead atoms. The summed E-state index contributed by atoms with van der Waals surface area (Å²) in [5.74, 6) is 0. The van der Waals surface area contributed by atoms with Gasteiger partial charge in [0.1, 0.15) is 6.61 Å². The van der Waals surface area contributed by atoms with Crippen molar-refractivity contribution in [3.8, 4) is 0 Å². The standard InChI is InChI=1S/C5H10O3/c1-2-3-8-5(7)4-6/h2-3,5-7H,4H2,1H3. The zero-order chi connectivity index (χ0) is 6.41. The van der Waals surface area contributed by atoms with E-state index in [1.54, 1.807) is 13.0 Å². The zero-order valence-corrected chi connectivity index (χ0v) is 4.74. The lowest BCUT2D eigenvalue weighted by Crippen LogP contribution is -2.12. The molecule has 3 heteroatoms. The average Bonchev–Trinajstić information content (AvgIpc) is 1.83. The van der Waals surface area contributed by atoms with E-state index >= 15 is 0 Å². The lowest BCUT2D eigenvalue weighted by atomic mass is 10.7. The van der Waals surface area contributed by atoms with E-state index in [9.17, 15) is 0 Å². The molecule has 0 amide bonds. The summed E-state index contributed by atoms with van der Waals surface area (Å²) in [6.45, 7) is 1.38. The monoisotopic (exact) mass is 118 g/mol. The third-order valence-electron chi connectivity index (χ3n) is 0.528. The van der Waals surface area contributed by atoms with Crippen LogP contribution in [0.5, 0.6) is 0 Å². The summed E-state index contributed by atoms with van der Waals surface area (Å²) in [6, 6.07) is 0. The van der Waals surface area contributed by atoms with Crippen LogP contribution in [0.15, 0.2) is 12.3 Å². The molecule has 0 saturated heterocycles. The first kappa shape index (κ1) is 7.46. The molecule has 0 spiro atoms. The molecule has 0 aromatic heterocycles. The predicted octanol–water partition coefficient (Wildman–Crippen LogP) is -0.153. The van der Waals surface area contributed by atoms with Crippen molar-refractivity contribution in [3.63, 3.8) is 0 Å². The van der Waals surface area contributed by atoms with Crippen molar-refractivity contribution < 1.29 is 14.9 Å². The van der Waals surface area contributed by atoms with E-state index in [0.717, 1.165) is 0 Å². The molecular formula is C5H10O3. The molecule has 0 aromatic carbocycles. The minimum atomic E-state index is -1.08. The Morgan fingerprint density at radius 3 is 2.75 bits per heavy atom. The predicted molar refractivity (Wildman–Crippen MR) is 29.0 cm³/mol. The molecule has 0 aliphatic rings.